The van der Waals surface area contributed by atoms with E-state index in [-0.39, 0.29) is 18.3 Å². The minimum atomic E-state index is -0.836. The van der Waals surface area contributed by atoms with Gasteiger partial charge in [0.2, 0.25) is 11.7 Å². The molecule has 0 aliphatic carbocycles. The lowest BCUT2D eigenvalue weighted by Crippen LogP contribution is -2.26. The van der Waals surface area contributed by atoms with Crippen molar-refractivity contribution in [2.24, 2.45) is 7.05 Å². The molecule has 5 nitrogen and oxygen atoms in total. The number of hydrogen-bond acceptors (Lipinski definition) is 2. The van der Waals surface area contributed by atoms with Gasteiger partial charge in [-0.15, -0.1) is 24.0 Å². The molecule has 1 atom stereocenters. The van der Waals surface area contributed by atoms with E-state index in [0.717, 1.165) is 28.1 Å². The van der Waals surface area contributed by atoms with Gasteiger partial charge in [0, 0.05) is 26.7 Å². The van der Waals surface area contributed by atoms with E-state index >= 15 is 0 Å². The zero-order chi connectivity index (χ0) is 19.3. The molecule has 7 heteroatoms. The van der Waals surface area contributed by atoms with Gasteiger partial charge in [0.05, 0.1) is 22.4 Å². The Bertz CT molecular complexity index is 1160. The number of fused-ring (bicyclic) bond motifs is 3. The fraction of sp³-hybridized carbons (Fsp3) is 0.238. The summed E-state index contributed by atoms with van der Waals surface area (Å²) in [7, 11) is 5.40. The first kappa shape index (κ1) is 20.2. The number of likely N-dealkylation sites (N-methyl/N-ethyl adjacent to an activating group) is 1. The van der Waals surface area contributed by atoms with Crippen molar-refractivity contribution < 1.29 is 4.79 Å². The Hall–Kier alpha value is -2.50. The lowest BCUT2D eigenvalue weighted by molar-refractivity contribution is -0.128. The summed E-state index contributed by atoms with van der Waals surface area (Å²) in [6.07, 6.45) is 0. The maximum absolute atomic E-state index is 12.7. The van der Waals surface area contributed by atoms with Crippen LogP contribution in [-0.4, -0.2) is 38.9 Å². The highest BCUT2D eigenvalue weighted by Crippen LogP contribution is 2.36. The van der Waals surface area contributed by atoms with E-state index in [1.807, 2.05) is 71.5 Å². The van der Waals surface area contributed by atoms with Crippen molar-refractivity contribution in [2.45, 2.75) is 12.3 Å². The molecule has 2 aromatic carbocycles. The second kappa shape index (κ2) is 7.49. The second-order valence-electron chi connectivity index (χ2n) is 6.99. The molecule has 0 fully saturated rings. The summed E-state index contributed by atoms with van der Waals surface area (Å²) in [5, 5.41) is -0.836. The van der Waals surface area contributed by atoms with E-state index in [1.165, 1.54) is 10.5 Å². The molecule has 2 aromatic heterocycles. The predicted octanol–water partition coefficient (Wildman–Crippen LogP) is 4.59. The molecule has 0 saturated carbocycles. The van der Waals surface area contributed by atoms with Crippen LogP contribution in [0, 0.1) is 6.92 Å². The number of amides is 1. The van der Waals surface area contributed by atoms with E-state index in [4.69, 9.17) is 16.6 Å². The average Bonchev–Trinajstić information content (AvgIpc) is 3.18. The first-order valence-corrected chi connectivity index (χ1v) is 9.22. The summed E-state index contributed by atoms with van der Waals surface area (Å²) in [6.45, 7) is 2.04. The largest absolute Gasteiger partial charge is 0.347 e. The molecule has 1 unspecified atom stereocenters. The van der Waals surface area contributed by atoms with Crippen LogP contribution in [0.25, 0.3) is 28.1 Å². The van der Waals surface area contributed by atoms with Crippen LogP contribution in [0.3, 0.4) is 0 Å². The van der Waals surface area contributed by atoms with Crippen LogP contribution in [0.4, 0.5) is 0 Å². The molecule has 0 radical (unpaired) electrons. The smallest absolute Gasteiger partial charge is 0.246 e. The Morgan fingerprint density at radius 2 is 1.68 bits per heavy atom. The summed E-state index contributed by atoms with van der Waals surface area (Å²) >= 11 is 6.71. The lowest BCUT2D eigenvalue weighted by Gasteiger charge is -2.16. The van der Waals surface area contributed by atoms with Gasteiger partial charge in [-0.05, 0) is 19.1 Å². The zero-order valence-corrected chi connectivity index (χ0v) is 17.8. The average molecular weight is 417 g/mol. The number of imidazole rings is 2. The second-order valence-corrected chi connectivity index (χ2v) is 7.43. The monoisotopic (exact) mass is 416 g/mol. The number of nitrogens with zero attached hydrogens (tertiary/aromatic N) is 4. The van der Waals surface area contributed by atoms with Gasteiger partial charge < -0.3 is 9.47 Å². The highest BCUT2D eigenvalue weighted by Gasteiger charge is 2.30. The van der Waals surface area contributed by atoms with Gasteiger partial charge in [-0.2, -0.15) is 0 Å². The van der Waals surface area contributed by atoms with Crippen molar-refractivity contribution in [1.82, 2.24) is 18.9 Å². The fourth-order valence-corrected chi connectivity index (χ4v) is 3.83. The van der Waals surface area contributed by atoms with Crippen molar-refractivity contribution >= 4 is 46.7 Å². The van der Waals surface area contributed by atoms with Gasteiger partial charge in [0.15, 0.2) is 5.38 Å². The quantitative estimate of drug-likeness (QED) is 0.458. The topological polar surface area (TPSA) is 42.5 Å². The zero-order valence-electron chi connectivity index (χ0n) is 16.2. The van der Waals surface area contributed by atoms with Gasteiger partial charge in [0.1, 0.15) is 0 Å². The van der Waals surface area contributed by atoms with Gasteiger partial charge in [-0.25, -0.2) is 4.98 Å². The number of carbonyl (C=O) groups is 1. The highest BCUT2D eigenvalue weighted by molar-refractivity contribution is 6.31. The van der Waals surface area contributed by atoms with Crippen LogP contribution in [0.1, 0.15) is 16.6 Å². The highest BCUT2D eigenvalue weighted by atomic mass is 35.5. The Morgan fingerprint density at radius 3 is 2.29 bits per heavy atom. The van der Waals surface area contributed by atoms with Crippen molar-refractivity contribution in [1.29, 1.82) is 0 Å². The van der Waals surface area contributed by atoms with Crippen molar-refractivity contribution in [2.75, 3.05) is 14.1 Å². The van der Waals surface area contributed by atoms with E-state index in [2.05, 4.69) is 0 Å². The first-order valence-electron chi connectivity index (χ1n) is 8.78. The molecular formula is C21H22Cl2N4O. The number of alkyl halides is 1. The number of halogens is 2. The van der Waals surface area contributed by atoms with E-state index in [9.17, 15) is 4.79 Å². The van der Waals surface area contributed by atoms with Crippen LogP contribution in [0.15, 0.2) is 48.5 Å². The molecule has 0 aliphatic rings. The van der Waals surface area contributed by atoms with Crippen molar-refractivity contribution in [3.8, 4) is 11.3 Å². The molecule has 1 amide bonds. The lowest BCUT2D eigenvalue weighted by atomic mass is 10.1. The molecule has 0 N–H and O–H groups in total. The number of benzene rings is 2. The molecule has 0 saturated heterocycles. The Morgan fingerprint density at radius 1 is 1.07 bits per heavy atom. The van der Waals surface area contributed by atoms with Gasteiger partial charge in [-0.3, -0.25) is 9.20 Å². The summed E-state index contributed by atoms with van der Waals surface area (Å²) in [5.74, 6) is 0.596. The minimum Gasteiger partial charge on any atom is -0.347 e. The van der Waals surface area contributed by atoms with Crippen LogP contribution in [0.2, 0.25) is 0 Å². The molecule has 0 bridgehead atoms. The summed E-state index contributed by atoms with van der Waals surface area (Å²) in [5.41, 5.74) is 5.57. The molecule has 0 aliphatic heterocycles. The van der Waals surface area contributed by atoms with Crippen LogP contribution < -0.4 is 0 Å². The van der Waals surface area contributed by atoms with Gasteiger partial charge in [-0.1, -0.05) is 42.0 Å². The maximum Gasteiger partial charge on any atom is 0.246 e. The fourth-order valence-electron chi connectivity index (χ4n) is 3.43. The Balaban J connectivity index is 0.00000225. The molecule has 4 aromatic rings. The number of carbonyl (C=O) groups excluding carboxylic acids is 1. The Kier molecular flexibility index (Phi) is 5.41. The van der Waals surface area contributed by atoms with Gasteiger partial charge >= 0.3 is 0 Å². The standard InChI is InChI=1S/C21H21ClN4O.ClH/c1-13-9-11-14(12-10-13)18-19(17(22)20(27)24(2)3)26-16-8-6-5-7-15(16)25(4)21(26)23-18;/h5-12,17H,1-4H3;1H. The third-order valence-electron chi connectivity index (χ3n) is 4.90. The predicted molar refractivity (Wildman–Crippen MR) is 116 cm³/mol. The van der Waals surface area contributed by atoms with E-state index in [1.54, 1.807) is 14.1 Å². The van der Waals surface area contributed by atoms with Gasteiger partial charge in [0.25, 0.3) is 0 Å². The van der Waals surface area contributed by atoms with Crippen LogP contribution in [0.5, 0.6) is 0 Å². The van der Waals surface area contributed by atoms with E-state index in [0.29, 0.717) is 5.69 Å². The summed E-state index contributed by atoms with van der Waals surface area (Å²) in [6, 6.07) is 16.2. The number of aryl methyl sites for hydroxylation is 2. The molecule has 28 heavy (non-hydrogen) atoms. The first-order chi connectivity index (χ1) is 12.9. The van der Waals surface area contributed by atoms with Crippen molar-refractivity contribution in [3.63, 3.8) is 0 Å². The number of rotatable bonds is 3. The number of para-hydroxylation sites is 2. The molecular weight excluding hydrogens is 395 g/mol. The summed E-state index contributed by atoms with van der Waals surface area (Å²) < 4.78 is 4.03. The van der Waals surface area contributed by atoms with Crippen LogP contribution in [-0.2, 0) is 11.8 Å². The molecule has 4 rings (SSSR count). The molecule has 2 heterocycles. The Labute approximate surface area is 174 Å². The van der Waals surface area contributed by atoms with Crippen LogP contribution >= 0.6 is 24.0 Å². The molecule has 146 valence electrons. The third kappa shape index (κ3) is 3.05. The normalized spacial score (nSPS) is 12.2. The minimum absolute atomic E-state index is 0. The maximum atomic E-state index is 12.7. The summed E-state index contributed by atoms with van der Waals surface area (Å²) in [4.78, 5) is 19.1. The molecule has 0 spiro atoms. The third-order valence-corrected chi connectivity index (χ3v) is 5.30. The van der Waals surface area contributed by atoms with E-state index < -0.39 is 5.38 Å². The number of hydrogen-bond donors (Lipinski definition) is 0. The van der Waals surface area contributed by atoms with Crippen molar-refractivity contribution in [3.05, 3.63) is 59.8 Å². The number of aromatic nitrogens is 3. The SMILES string of the molecule is Cc1ccc(-c2nc3n(C)c4ccccc4n3c2C(Cl)C(=O)N(C)C)cc1.Cl.